The van der Waals surface area contributed by atoms with Crippen LogP contribution in [0.15, 0.2) is 0 Å². The number of hydrogen-bond acceptors (Lipinski definition) is 9. The lowest BCUT2D eigenvalue weighted by Gasteiger charge is -2.44. The minimum Gasteiger partial charge on any atom is -0.388 e. The van der Waals surface area contributed by atoms with Crippen molar-refractivity contribution in [2.75, 3.05) is 0 Å². The number of aliphatic hydroxyl groups is 6. The van der Waals surface area contributed by atoms with Gasteiger partial charge < -0.3 is 44.8 Å². The summed E-state index contributed by atoms with van der Waals surface area (Å²) in [7, 11) is 0. The molecule has 0 spiro atoms. The summed E-state index contributed by atoms with van der Waals surface area (Å²) < 4.78 is 15.7. The molecule has 0 unspecified atom stereocenters. The van der Waals surface area contributed by atoms with Crippen molar-refractivity contribution >= 4 is 0 Å². The highest BCUT2D eigenvalue weighted by Crippen LogP contribution is 2.27. The molecule has 0 aliphatic carbocycles. The summed E-state index contributed by atoms with van der Waals surface area (Å²) in [5, 5.41) is 58.1. The van der Waals surface area contributed by atoms with E-state index in [2.05, 4.69) is 0 Å². The van der Waals surface area contributed by atoms with Crippen LogP contribution in [-0.2, 0) is 14.2 Å². The molecule has 0 bridgehead atoms. The smallest absolute Gasteiger partial charge is 0.189 e. The number of hydrogen-bond donors (Lipinski definition) is 6. The van der Waals surface area contributed by atoms with Crippen LogP contribution < -0.4 is 0 Å². The van der Waals surface area contributed by atoms with Gasteiger partial charge in [-0.1, -0.05) is 0 Å². The maximum Gasteiger partial charge on any atom is 0.189 e. The van der Waals surface area contributed by atoms with Gasteiger partial charge in [0, 0.05) is 0 Å². The predicted molar refractivity (Wildman–Crippen MR) is 65.8 cm³/mol. The standard InChI is InChI=1S/C12H22O9/c1-3-5(13)7(15)9(17)11(19-3)21-12-10(18)8(16)6(14)4(2)20-12/h3-18H,1-2H3/t3-,4-,5-,6-,7+,8+,9-,10-,11-,12-/m1/s1. The summed E-state index contributed by atoms with van der Waals surface area (Å²) in [6.45, 7) is 2.96. The molecular weight excluding hydrogens is 288 g/mol. The van der Waals surface area contributed by atoms with Gasteiger partial charge in [0.2, 0.25) is 0 Å². The van der Waals surface area contributed by atoms with E-state index >= 15 is 0 Å². The maximum absolute atomic E-state index is 9.82. The SMILES string of the molecule is C[C@H]1O[C@H](O[C@H]2O[C@H](C)[C@@H](O)[C@H](O)[C@H]2O)[C@H](O)[C@@H](O)[C@@H]1O. The molecule has 2 rings (SSSR count). The summed E-state index contributed by atoms with van der Waals surface area (Å²) in [5.41, 5.74) is 0. The van der Waals surface area contributed by atoms with Crippen LogP contribution in [0.1, 0.15) is 13.8 Å². The molecule has 0 amide bonds. The largest absolute Gasteiger partial charge is 0.388 e. The molecule has 9 nitrogen and oxygen atoms in total. The molecule has 6 N–H and O–H groups in total. The fraction of sp³-hybridized carbons (Fsp3) is 1.00. The van der Waals surface area contributed by atoms with Crippen LogP contribution in [0.3, 0.4) is 0 Å². The monoisotopic (exact) mass is 310 g/mol. The Morgan fingerprint density at radius 2 is 0.905 bits per heavy atom. The molecule has 0 aromatic carbocycles. The molecule has 0 aromatic rings. The average Bonchev–Trinajstić information content (AvgIpc) is 2.45. The van der Waals surface area contributed by atoms with Gasteiger partial charge in [0.15, 0.2) is 12.6 Å². The van der Waals surface area contributed by atoms with Crippen molar-refractivity contribution in [1.29, 1.82) is 0 Å². The Balaban J connectivity index is 2.03. The summed E-state index contributed by atoms with van der Waals surface area (Å²) in [6.07, 6.45) is -12.9. The minimum atomic E-state index is -1.55. The number of aliphatic hydroxyl groups excluding tert-OH is 6. The zero-order valence-electron chi connectivity index (χ0n) is 11.7. The Morgan fingerprint density at radius 1 is 0.571 bits per heavy atom. The molecule has 21 heavy (non-hydrogen) atoms. The topological polar surface area (TPSA) is 149 Å². The first-order chi connectivity index (χ1) is 9.73. The first kappa shape index (κ1) is 17.0. The van der Waals surface area contributed by atoms with Gasteiger partial charge in [-0.15, -0.1) is 0 Å². The molecule has 2 saturated heterocycles. The molecule has 2 aliphatic rings. The van der Waals surface area contributed by atoms with E-state index in [1.54, 1.807) is 0 Å². The van der Waals surface area contributed by atoms with E-state index in [0.29, 0.717) is 0 Å². The molecule has 2 heterocycles. The first-order valence-corrected chi connectivity index (χ1v) is 6.78. The summed E-state index contributed by atoms with van der Waals surface area (Å²) in [5.74, 6) is 0. The summed E-state index contributed by atoms with van der Waals surface area (Å²) >= 11 is 0. The first-order valence-electron chi connectivity index (χ1n) is 6.78. The van der Waals surface area contributed by atoms with Crippen molar-refractivity contribution in [3.8, 4) is 0 Å². The second-order valence-electron chi connectivity index (χ2n) is 5.50. The Bertz CT molecular complexity index is 322. The van der Waals surface area contributed by atoms with Crippen LogP contribution in [0.25, 0.3) is 0 Å². The lowest BCUT2D eigenvalue weighted by atomic mass is 9.99. The van der Waals surface area contributed by atoms with Gasteiger partial charge in [0.25, 0.3) is 0 Å². The van der Waals surface area contributed by atoms with Crippen molar-refractivity contribution < 1.29 is 44.8 Å². The van der Waals surface area contributed by atoms with Crippen LogP contribution in [0.5, 0.6) is 0 Å². The third-order valence-electron chi connectivity index (χ3n) is 3.89. The Kier molecular flexibility index (Phi) is 5.19. The third-order valence-corrected chi connectivity index (χ3v) is 3.89. The lowest BCUT2D eigenvalue weighted by molar-refractivity contribution is -0.370. The van der Waals surface area contributed by atoms with Crippen molar-refractivity contribution in [3.63, 3.8) is 0 Å². The number of ether oxygens (including phenoxy) is 3. The quantitative estimate of drug-likeness (QED) is 0.308. The van der Waals surface area contributed by atoms with Crippen molar-refractivity contribution in [2.24, 2.45) is 0 Å². The molecule has 10 atom stereocenters. The van der Waals surface area contributed by atoms with Crippen LogP contribution in [-0.4, -0.2) is 92.1 Å². The van der Waals surface area contributed by atoms with Crippen LogP contribution in [0, 0.1) is 0 Å². The predicted octanol–water partition coefficient (Wildman–Crippen LogP) is -3.34. The summed E-state index contributed by atoms with van der Waals surface area (Å²) in [6, 6.07) is 0. The van der Waals surface area contributed by atoms with E-state index in [0.717, 1.165) is 0 Å². The average molecular weight is 310 g/mol. The molecule has 0 radical (unpaired) electrons. The van der Waals surface area contributed by atoms with Crippen LogP contribution in [0.4, 0.5) is 0 Å². The Hall–Kier alpha value is -0.360. The molecule has 0 aromatic heterocycles. The molecule has 9 heteroatoms. The molecule has 2 aliphatic heterocycles. The van der Waals surface area contributed by atoms with Crippen LogP contribution in [0.2, 0.25) is 0 Å². The van der Waals surface area contributed by atoms with Gasteiger partial charge in [0.1, 0.15) is 36.6 Å². The lowest BCUT2D eigenvalue weighted by Crippen LogP contribution is -2.62. The van der Waals surface area contributed by atoms with E-state index in [1.807, 2.05) is 0 Å². The van der Waals surface area contributed by atoms with Crippen molar-refractivity contribution in [2.45, 2.75) is 75.3 Å². The second-order valence-corrected chi connectivity index (χ2v) is 5.50. The van der Waals surface area contributed by atoms with E-state index in [9.17, 15) is 30.6 Å². The third kappa shape index (κ3) is 3.21. The number of rotatable bonds is 2. The Labute approximate surface area is 121 Å². The van der Waals surface area contributed by atoms with E-state index in [4.69, 9.17) is 14.2 Å². The van der Waals surface area contributed by atoms with E-state index in [-0.39, 0.29) is 0 Å². The van der Waals surface area contributed by atoms with Crippen molar-refractivity contribution in [3.05, 3.63) is 0 Å². The highest BCUT2D eigenvalue weighted by Gasteiger charge is 2.48. The fourth-order valence-electron chi connectivity index (χ4n) is 2.38. The normalized spacial score (nSPS) is 55.4. The molecule has 0 saturated carbocycles. The summed E-state index contributed by atoms with van der Waals surface area (Å²) in [4.78, 5) is 0. The van der Waals surface area contributed by atoms with Gasteiger partial charge in [-0.2, -0.15) is 0 Å². The van der Waals surface area contributed by atoms with Gasteiger partial charge in [-0.3, -0.25) is 0 Å². The molecule has 2 fully saturated rings. The molecular formula is C12H22O9. The maximum atomic E-state index is 9.82. The van der Waals surface area contributed by atoms with Gasteiger partial charge in [-0.25, -0.2) is 0 Å². The van der Waals surface area contributed by atoms with Crippen molar-refractivity contribution in [1.82, 2.24) is 0 Å². The Morgan fingerprint density at radius 3 is 1.24 bits per heavy atom. The zero-order chi connectivity index (χ0) is 15.9. The highest BCUT2D eigenvalue weighted by molar-refractivity contribution is 4.90. The highest BCUT2D eigenvalue weighted by atomic mass is 16.8. The van der Waals surface area contributed by atoms with E-state index in [1.165, 1.54) is 13.8 Å². The van der Waals surface area contributed by atoms with E-state index < -0.39 is 61.4 Å². The van der Waals surface area contributed by atoms with Gasteiger partial charge in [-0.05, 0) is 13.8 Å². The van der Waals surface area contributed by atoms with Crippen LogP contribution >= 0.6 is 0 Å². The van der Waals surface area contributed by atoms with Gasteiger partial charge in [0.05, 0.1) is 12.2 Å². The fourth-order valence-corrected chi connectivity index (χ4v) is 2.38. The second kappa shape index (κ2) is 6.41. The zero-order valence-corrected chi connectivity index (χ0v) is 11.7. The van der Waals surface area contributed by atoms with Gasteiger partial charge >= 0.3 is 0 Å². The molecule has 124 valence electrons. The minimum absolute atomic E-state index is 0.804.